The Morgan fingerprint density at radius 3 is 2.67 bits per heavy atom. The molecule has 1 aliphatic carbocycles. The van der Waals surface area contributed by atoms with Gasteiger partial charge >= 0.3 is 0 Å². The number of rotatable bonds is 4. The summed E-state index contributed by atoms with van der Waals surface area (Å²) < 4.78 is 6.77. The van der Waals surface area contributed by atoms with Crippen molar-refractivity contribution in [1.29, 1.82) is 0 Å². The molecule has 0 aromatic carbocycles. The van der Waals surface area contributed by atoms with Crippen LogP contribution in [0.15, 0.2) is 12.1 Å². The van der Waals surface area contributed by atoms with E-state index in [9.17, 15) is 0 Å². The van der Waals surface area contributed by atoms with Crippen molar-refractivity contribution >= 4 is 22.9 Å². The first kappa shape index (κ1) is 11.4. The molecule has 2 N–H and O–H groups in total. The van der Waals surface area contributed by atoms with Crippen LogP contribution in [0.2, 0.25) is 4.34 Å². The van der Waals surface area contributed by atoms with Gasteiger partial charge in [-0.05, 0) is 38.3 Å². The Morgan fingerprint density at radius 2 is 2.27 bits per heavy atom. The van der Waals surface area contributed by atoms with Gasteiger partial charge in [0.25, 0.3) is 0 Å². The Balaban J connectivity index is 2.04. The average Bonchev–Trinajstić information content (AvgIpc) is 2.49. The van der Waals surface area contributed by atoms with Crippen LogP contribution in [0.4, 0.5) is 0 Å². The van der Waals surface area contributed by atoms with Crippen molar-refractivity contribution in [3.05, 3.63) is 21.3 Å². The van der Waals surface area contributed by atoms with Gasteiger partial charge in [0.2, 0.25) is 0 Å². The molecule has 4 heteroatoms. The molecule has 1 aliphatic rings. The van der Waals surface area contributed by atoms with Gasteiger partial charge in [0.1, 0.15) is 6.10 Å². The van der Waals surface area contributed by atoms with E-state index in [1.807, 2.05) is 19.1 Å². The molecular weight excluding hydrogens is 230 g/mol. The molecule has 1 fully saturated rings. The van der Waals surface area contributed by atoms with Gasteiger partial charge in [-0.1, -0.05) is 11.6 Å². The number of thiophene rings is 1. The Hall–Kier alpha value is -0.0900. The highest BCUT2D eigenvalue weighted by atomic mass is 35.5. The van der Waals surface area contributed by atoms with Crippen LogP contribution in [-0.4, -0.2) is 12.1 Å². The van der Waals surface area contributed by atoms with Crippen LogP contribution in [0, 0.1) is 0 Å². The number of nitrogens with two attached hydrogens (primary N) is 1. The van der Waals surface area contributed by atoms with E-state index in [2.05, 4.69) is 0 Å². The summed E-state index contributed by atoms with van der Waals surface area (Å²) in [5, 5.41) is 0. The van der Waals surface area contributed by atoms with Crippen molar-refractivity contribution in [3.63, 3.8) is 0 Å². The molecule has 2 atom stereocenters. The minimum absolute atomic E-state index is 0.00722. The Morgan fingerprint density at radius 1 is 1.53 bits per heavy atom. The predicted molar refractivity (Wildman–Crippen MR) is 64.4 cm³/mol. The first-order valence-corrected chi connectivity index (χ1v) is 6.52. The summed E-state index contributed by atoms with van der Waals surface area (Å²) in [4.78, 5) is 1.14. The Labute approximate surface area is 99.4 Å². The van der Waals surface area contributed by atoms with Crippen molar-refractivity contribution < 1.29 is 4.74 Å². The van der Waals surface area contributed by atoms with E-state index < -0.39 is 0 Å². The molecule has 2 nitrogen and oxygen atoms in total. The second kappa shape index (κ2) is 4.83. The molecule has 1 saturated carbocycles. The summed E-state index contributed by atoms with van der Waals surface area (Å²) in [6, 6.07) is 3.93. The maximum atomic E-state index is 5.97. The number of hydrogen-bond donors (Lipinski definition) is 1. The number of halogens is 1. The van der Waals surface area contributed by atoms with Crippen molar-refractivity contribution in [2.24, 2.45) is 5.73 Å². The quantitative estimate of drug-likeness (QED) is 0.883. The van der Waals surface area contributed by atoms with Crippen LogP contribution >= 0.6 is 22.9 Å². The van der Waals surface area contributed by atoms with E-state index in [0.29, 0.717) is 6.10 Å². The summed E-state index contributed by atoms with van der Waals surface area (Å²) in [6.45, 7) is 1.98. The topological polar surface area (TPSA) is 35.2 Å². The Bertz CT molecular complexity index is 322. The summed E-state index contributed by atoms with van der Waals surface area (Å²) in [6.07, 6.45) is 4.03. The molecule has 0 saturated heterocycles. The molecule has 15 heavy (non-hydrogen) atoms. The van der Waals surface area contributed by atoms with Crippen molar-refractivity contribution in [3.8, 4) is 0 Å². The molecule has 2 rings (SSSR count). The molecule has 1 aromatic heterocycles. The summed E-state index contributed by atoms with van der Waals surface area (Å²) in [5.41, 5.74) is 5.94. The highest BCUT2D eigenvalue weighted by Gasteiger charge is 2.26. The smallest absolute Gasteiger partial charge is 0.107 e. The van der Waals surface area contributed by atoms with E-state index in [4.69, 9.17) is 22.1 Å². The maximum absolute atomic E-state index is 5.97. The van der Waals surface area contributed by atoms with Gasteiger partial charge in [0.15, 0.2) is 0 Å². The lowest BCUT2D eigenvalue weighted by molar-refractivity contribution is -0.0595. The standard InChI is InChI=1S/C11H16ClNOS/c1-7(13)11(14-8-3-2-4-8)9-5-6-10(12)15-9/h5-8,11H,2-4,13H2,1H3. The van der Waals surface area contributed by atoms with E-state index in [0.717, 1.165) is 9.21 Å². The second-order valence-corrected chi connectivity index (χ2v) is 5.86. The molecule has 84 valence electrons. The zero-order chi connectivity index (χ0) is 10.8. The molecule has 0 aliphatic heterocycles. The maximum Gasteiger partial charge on any atom is 0.107 e. The minimum atomic E-state index is 0.00722. The van der Waals surface area contributed by atoms with E-state index >= 15 is 0 Å². The van der Waals surface area contributed by atoms with Crippen LogP contribution < -0.4 is 5.73 Å². The van der Waals surface area contributed by atoms with Gasteiger partial charge in [0.05, 0.1) is 10.4 Å². The van der Waals surface area contributed by atoms with Gasteiger partial charge in [0, 0.05) is 10.9 Å². The van der Waals surface area contributed by atoms with Gasteiger partial charge in [-0.15, -0.1) is 11.3 Å². The summed E-state index contributed by atoms with van der Waals surface area (Å²) in [5.74, 6) is 0. The van der Waals surface area contributed by atoms with E-state index in [1.54, 1.807) is 11.3 Å². The van der Waals surface area contributed by atoms with Gasteiger partial charge in [-0.2, -0.15) is 0 Å². The largest absolute Gasteiger partial charge is 0.368 e. The minimum Gasteiger partial charge on any atom is -0.368 e. The highest BCUT2D eigenvalue weighted by Crippen LogP contribution is 2.34. The molecule has 1 heterocycles. The van der Waals surface area contributed by atoms with E-state index in [-0.39, 0.29) is 12.1 Å². The first-order chi connectivity index (χ1) is 7.16. The fourth-order valence-corrected chi connectivity index (χ4v) is 2.86. The molecule has 0 spiro atoms. The fourth-order valence-electron chi connectivity index (χ4n) is 1.65. The third-order valence-corrected chi connectivity index (χ3v) is 4.04. The molecule has 0 radical (unpaired) electrons. The number of ether oxygens (including phenoxy) is 1. The monoisotopic (exact) mass is 245 g/mol. The normalized spacial score (nSPS) is 21.0. The van der Waals surface area contributed by atoms with Crippen LogP contribution in [0.3, 0.4) is 0 Å². The molecule has 0 amide bonds. The zero-order valence-electron chi connectivity index (χ0n) is 8.78. The van der Waals surface area contributed by atoms with Crippen LogP contribution in [0.5, 0.6) is 0 Å². The van der Waals surface area contributed by atoms with Gasteiger partial charge in [-0.25, -0.2) is 0 Å². The third-order valence-electron chi connectivity index (χ3n) is 2.74. The van der Waals surface area contributed by atoms with E-state index in [1.165, 1.54) is 19.3 Å². The number of hydrogen-bond acceptors (Lipinski definition) is 3. The van der Waals surface area contributed by atoms with Crippen LogP contribution in [0.25, 0.3) is 0 Å². The van der Waals surface area contributed by atoms with Crippen LogP contribution in [0.1, 0.15) is 37.2 Å². The molecular formula is C11H16ClNOS. The summed E-state index contributed by atoms with van der Waals surface area (Å²) in [7, 11) is 0. The third kappa shape index (κ3) is 2.72. The lowest BCUT2D eigenvalue weighted by Crippen LogP contribution is -2.32. The lowest BCUT2D eigenvalue weighted by Gasteiger charge is -2.31. The predicted octanol–water partition coefficient (Wildman–Crippen LogP) is 3.36. The van der Waals surface area contributed by atoms with Gasteiger partial charge in [-0.3, -0.25) is 0 Å². The highest BCUT2D eigenvalue weighted by molar-refractivity contribution is 7.16. The molecule has 1 aromatic rings. The first-order valence-electron chi connectivity index (χ1n) is 5.33. The van der Waals surface area contributed by atoms with Crippen molar-refractivity contribution in [1.82, 2.24) is 0 Å². The summed E-state index contributed by atoms with van der Waals surface area (Å²) >= 11 is 7.48. The Kier molecular flexibility index (Phi) is 3.67. The van der Waals surface area contributed by atoms with Gasteiger partial charge < -0.3 is 10.5 Å². The van der Waals surface area contributed by atoms with Crippen molar-refractivity contribution in [2.45, 2.75) is 44.4 Å². The van der Waals surface area contributed by atoms with Crippen molar-refractivity contribution in [2.75, 3.05) is 0 Å². The molecule has 2 unspecified atom stereocenters. The fraction of sp³-hybridized carbons (Fsp3) is 0.636. The lowest BCUT2D eigenvalue weighted by atomic mass is 9.95. The molecule has 0 bridgehead atoms. The SMILES string of the molecule is CC(N)C(OC1CCC1)c1ccc(Cl)s1. The average molecular weight is 246 g/mol. The second-order valence-electron chi connectivity index (χ2n) is 4.11. The zero-order valence-corrected chi connectivity index (χ0v) is 10.4. The van der Waals surface area contributed by atoms with Crippen LogP contribution in [-0.2, 0) is 4.74 Å².